The van der Waals surface area contributed by atoms with Crippen LogP contribution in [-0.4, -0.2) is 34.9 Å². The Morgan fingerprint density at radius 3 is 1.40 bits per heavy atom. The van der Waals surface area contributed by atoms with Gasteiger partial charge in [0.15, 0.2) is 0 Å². The Labute approximate surface area is 214 Å². The molecule has 9 nitrogen and oxygen atoms in total. The van der Waals surface area contributed by atoms with E-state index in [0.717, 1.165) is 32.2 Å². The van der Waals surface area contributed by atoms with E-state index >= 15 is 0 Å². The van der Waals surface area contributed by atoms with Crippen LogP contribution in [0.5, 0.6) is 0 Å². The van der Waals surface area contributed by atoms with Crippen LogP contribution in [-0.2, 0) is 0 Å². The van der Waals surface area contributed by atoms with E-state index in [0.29, 0.717) is 18.1 Å². The molecule has 12 N–H and O–H groups in total. The SMILES string of the molecule is CCCCCCC(N)CCCCCCCCCCCN.NC1CCC(N)CC1.Nc1nnc(N)o1. The molecule has 0 aromatic carbocycles. The monoisotopic (exact) mass is 498 g/mol. The quantitative estimate of drug-likeness (QED) is 0.176. The summed E-state index contributed by atoms with van der Waals surface area (Å²) >= 11 is 0. The smallest absolute Gasteiger partial charge is 0.314 e. The van der Waals surface area contributed by atoms with Crippen molar-refractivity contribution in [2.75, 3.05) is 18.0 Å². The number of nitrogens with two attached hydrogens (primary N) is 6. The second kappa shape index (κ2) is 24.3. The molecule has 2 rings (SSSR count). The van der Waals surface area contributed by atoms with Crippen molar-refractivity contribution >= 4 is 12.0 Å². The first-order chi connectivity index (χ1) is 16.9. The first kappa shape index (κ1) is 33.6. The predicted octanol–water partition coefficient (Wildman–Crippen LogP) is 4.59. The summed E-state index contributed by atoms with van der Waals surface area (Å²) in [6.45, 7) is 3.12. The fourth-order valence-corrected chi connectivity index (χ4v) is 4.16. The summed E-state index contributed by atoms with van der Waals surface area (Å²) < 4.78 is 4.42. The molecule has 1 saturated carbocycles. The van der Waals surface area contributed by atoms with Gasteiger partial charge < -0.3 is 38.8 Å². The molecule has 1 unspecified atom stereocenters. The lowest BCUT2D eigenvalue weighted by Gasteiger charge is -2.22. The van der Waals surface area contributed by atoms with Crippen LogP contribution in [0.3, 0.4) is 0 Å². The second-order valence-electron chi connectivity index (χ2n) is 10.0. The van der Waals surface area contributed by atoms with Crippen LogP contribution < -0.4 is 34.4 Å². The van der Waals surface area contributed by atoms with E-state index in [-0.39, 0.29) is 12.0 Å². The van der Waals surface area contributed by atoms with E-state index in [9.17, 15) is 0 Å². The molecule has 1 fully saturated rings. The zero-order valence-electron chi connectivity index (χ0n) is 22.6. The van der Waals surface area contributed by atoms with Gasteiger partial charge in [-0.15, -0.1) is 0 Å². The summed E-state index contributed by atoms with van der Waals surface area (Å²) in [6.07, 6.45) is 24.6. The first-order valence-corrected chi connectivity index (χ1v) is 14.2. The summed E-state index contributed by atoms with van der Waals surface area (Å²) in [5.74, 6) is 0. The van der Waals surface area contributed by atoms with E-state index in [1.54, 1.807) is 0 Å². The van der Waals surface area contributed by atoms with Gasteiger partial charge in [-0.3, -0.25) is 0 Å². The molecule has 0 radical (unpaired) electrons. The molecule has 0 bridgehead atoms. The highest BCUT2D eigenvalue weighted by molar-refractivity contribution is 5.14. The molecule has 0 spiro atoms. The van der Waals surface area contributed by atoms with Crippen molar-refractivity contribution in [3.8, 4) is 0 Å². The third-order valence-corrected chi connectivity index (χ3v) is 6.48. The van der Waals surface area contributed by atoms with Gasteiger partial charge in [0.05, 0.1) is 0 Å². The number of nitrogen functional groups attached to an aromatic ring is 2. The predicted molar refractivity (Wildman–Crippen MR) is 150 cm³/mol. The molecular weight excluding hydrogens is 440 g/mol. The standard InChI is InChI=1S/C18H40N2.C6H14N2.C2H4N4O/c1-2-3-4-12-15-18(20)16-13-10-8-6-5-7-9-11-14-17-19;7-5-1-2-6(8)4-3-5;3-1-5-6-2(4)7-1/h18H,2-17,19-20H2,1H3;5-6H,1-4,7-8H2;(H2,3,5)(H2,4,6). The van der Waals surface area contributed by atoms with E-state index in [1.807, 2.05) is 0 Å². The Hall–Kier alpha value is -1.42. The zero-order chi connectivity index (χ0) is 26.2. The highest BCUT2D eigenvalue weighted by Crippen LogP contribution is 2.15. The summed E-state index contributed by atoms with van der Waals surface area (Å²) in [5.41, 5.74) is 32.8. The van der Waals surface area contributed by atoms with Crippen LogP contribution in [0.4, 0.5) is 12.0 Å². The minimum atomic E-state index is -0.00231. The lowest BCUT2D eigenvalue weighted by Crippen LogP contribution is -2.33. The number of aromatic nitrogens is 2. The van der Waals surface area contributed by atoms with Crippen LogP contribution in [0.15, 0.2) is 4.42 Å². The van der Waals surface area contributed by atoms with Crippen molar-refractivity contribution in [2.24, 2.45) is 22.9 Å². The van der Waals surface area contributed by atoms with Gasteiger partial charge in [-0.2, -0.15) is 0 Å². The minimum absolute atomic E-state index is 0.00231. The molecule has 0 amide bonds. The minimum Gasteiger partial charge on any atom is -0.390 e. The summed E-state index contributed by atoms with van der Waals surface area (Å²) in [4.78, 5) is 0. The average molecular weight is 499 g/mol. The number of hydrogen-bond acceptors (Lipinski definition) is 9. The van der Waals surface area contributed by atoms with Crippen molar-refractivity contribution in [1.82, 2.24) is 10.2 Å². The summed E-state index contributed by atoms with van der Waals surface area (Å²) in [7, 11) is 0. The Bertz CT molecular complexity index is 523. The number of rotatable bonds is 16. The molecule has 208 valence electrons. The average Bonchev–Trinajstić information content (AvgIpc) is 3.23. The van der Waals surface area contributed by atoms with Gasteiger partial charge in [0.25, 0.3) is 0 Å². The number of anilines is 2. The van der Waals surface area contributed by atoms with Gasteiger partial charge in [0.2, 0.25) is 0 Å². The van der Waals surface area contributed by atoms with Gasteiger partial charge in [-0.1, -0.05) is 94.2 Å². The lowest BCUT2D eigenvalue weighted by atomic mass is 9.93. The molecule has 1 aromatic rings. The topological polar surface area (TPSA) is 195 Å². The number of unbranched alkanes of at least 4 members (excludes halogenated alkanes) is 11. The Morgan fingerprint density at radius 2 is 1.06 bits per heavy atom. The van der Waals surface area contributed by atoms with Crippen molar-refractivity contribution in [3.63, 3.8) is 0 Å². The maximum atomic E-state index is 6.15. The second-order valence-corrected chi connectivity index (χ2v) is 10.0. The molecule has 1 atom stereocenters. The van der Waals surface area contributed by atoms with Crippen molar-refractivity contribution in [1.29, 1.82) is 0 Å². The highest BCUT2D eigenvalue weighted by atomic mass is 16.4. The summed E-state index contributed by atoms with van der Waals surface area (Å²) in [5, 5.41) is 6.50. The third kappa shape index (κ3) is 24.1. The largest absolute Gasteiger partial charge is 0.390 e. The van der Waals surface area contributed by atoms with Crippen LogP contribution in [0.25, 0.3) is 0 Å². The highest BCUT2D eigenvalue weighted by Gasteiger charge is 2.13. The Kier molecular flexibility index (Phi) is 23.3. The van der Waals surface area contributed by atoms with Gasteiger partial charge in [-0.05, 0) is 51.5 Å². The lowest BCUT2D eigenvalue weighted by molar-refractivity contribution is 0.395. The van der Waals surface area contributed by atoms with Gasteiger partial charge >= 0.3 is 12.0 Å². The summed E-state index contributed by atoms with van der Waals surface area (Å²) in [6, 6.07) is 1.34. The van der Waals surface area contributed by atoms with E-state index < -0.39 is 0 Å². The Morgan fingerprint density at radius 1 is 0.686 bits per heavy atom. The van der Waals surface area contributed by atoms with Gasteiger partial charge in [0, 0.05) is 18.1 Å². The van der Waals surface area contributed by atoms with Crippen molar-refractivity contribution in [2.45, 2.75) is 147 Å². The number of nitrogens with zero attached hydrogens (tertiary/aromatic N) is 2. The normalized spacial score (nSPS) is 18.2. The molecule has 9 heteroatoms. The maximum absolute atomic E-state index is 6.15. The van der Waals surface area contributed by atoms with Crippen molar-refractivity contribution < 1.29 is 4.42 Å². The number of hydrogen-bond donors (Lipinski definition) is 6. The molecule has 0 saturated heterocycles. The van der Waals surface area contributed by atoms with Gasteiger partial charge in [0.1, 0.15) is 0 Å². The molecule has 1 heterocycles. The van der Waals surface area contributed by atoms with E-state index in [2.05, 4.69) is 21.5 Å². The van der Waals surface area contributed by atoms with E-state index in [4.69, 9.17) is 34.4 Å². The first-order valence-electron chi connectivity index (χ1n) is 14.2. The zero-order valence-corrected chi connectivity index (χ0v) is 22.6. The van der Waals surface area contributed by atoms with Crippen molar-refractivity contribution in [3.05, 3.63) is 0 Å². The molecular formula is C26H58N8O. The molecule has 1 aromatic heterocycles. The molecule has 35 heavy (non-hydrogen) atoms. The Balaban J connectivity index is 0.000000616. The third-order valence-electron chi connectivity index (χ3n) is 6.48. The van der Waals surface area contributed by atoms with Crippen LogP contribution in [0.1, 0.15) is 129 Å². The van der Waals surface area contributed by atoms with Crippen LogP contribution >= 0.6 is 0 Å². The van der Waals surface area contributed by atoms with Crippen LogP contribution in [0, 0.1) is 0 Å². The fourth-order valence-electron chi connectivity index (χ4n) is 4.16. The van der Waals surface area contributed by atoms with E-state index in [1.165, 1.54) is 96.3 Å². The maximum Gasteiger partial charge on any atom is 0.314 e. The molecule has 0 aliphatic heterocycles. The van der Waals surface area contributed by atoms with Crippen LogP contribution in [0.2, 0.25) is 0 Å². The van der Waals surface area contributed by atoms with Gasteiger partial charge in [-0.25, -0.2) is 0 Å². The molecule has 1 aliphatic carbocycles. The molecule has 1 aliphatic rings. The fraction of sp³-hybridized carbons (Fsp3) is 0.923.